The number of piperidine rings is 1. The lowest BCUT2D eigenvalue weighted by Crippen LogP contribution is -2.48. The van der Waals surface area contributed by atoms with E-state index in [0.29, 0.717) is 70.6 Å². The first-order chi connectivity index (χ1) is 33.4. The number of hydrogen-bond donors (Lipinski definition) is 2. The number of piperazine rings is 1. The first-order valence-electron chi connectivity index (χ1n) is 24.2. The summed E-state index contributed by atoms with van der Waals surface area (Å²) in [7, 11) is 7.82. The highest BCUT2D eigenvalue weighted by Crippen LogP contribution is 2.42. The molecule has 0 unspecified atom stereocenters. The van der Waals surface area contributed by atoms with Crippen LogP contribution in [0.2, 0.25) is 0 Å². The highest BCUT2D eigenvalue weighted by atomic mass is 16.4. The first-order valence-corrected chi connectivity index (χ1v) is 24.2. The number of para-hydroxylation sites is 3. The van der Waals surface area contributed by atoms with Gasteiger partial charge in [0.25, 0.3) is 11.8 Å². The van der Waals surface area contributed by atoms with Gasteiger partial charge in [-0.1, -0.05) is 43.2 Å². The molecule has 69 heavy (non-hydrogen) atoms. The SMILES string of the molecule is CN(C)c1ccc2c(-c3ccc(C(=O)NCCN4CCN(CCCCC5CCN(CC(=O)N6c7ccccc7NC(=O)c7ccccc76)CC5)CC4)cc3C(=O)[O-])c3ccc(=[N+](C)C)cc-3oc2c1. The molecule has 1 aliphatic carbocycles. The monoisotopic (exact) mass is 930 g/mol. The molecule has 0 spiro atoms. The third-order valence-corrected chi connectivity index (χ3v) is 14.1. The van der Waals surface area contributed by atoms with Crippen molar-refractivity contribution in [3.8, 4) is 22.5 Å². The van der Waals surface area contributed by atoms with E-state index in [0.717, 1.165) is 87.1 Å². The topological polar surface area (TPSA) is 148 Å². The zero-order chi connectivity index (χ0) is 48.2. The number of carbonyl (C=O) groups is 4. The lowest BCUT2D eigenvalue weighted by atomic mass is 9.89. The van der Waals surface area contributed by atoms with E-state index in [-0.39, 0.29) is 28.8 Å². The Morgan fingerprint density at radius 3 is 2.22 bits per heavy atom. The van der Waals surface area contributed by atoms with E-state index in [1.165, 1.54) is 18.9 Å². The van der Waals surface area contributed by atoms with Crippen LogP contribution in [0.4, 0.5) is 22.7 Å². The molecule has 14 nitrogen and oxygen atoms in total. The lowest BCUT2D eigenvalue weighted by Gasteiger charge is -2.35. The van der Waals surface area contributed by atoms with E-state index in [1.54, 1.807) is 23.1 Å². The summed E-state index contributed by atoms with van der Waals surface area (Å²) < 4.78 is 8.42. The molecule has 5 aliphatic rings. The molecular weight excluding hydrogens is 869 g/mol. The Balaban J connectivity index is 0.719. The molecule has 0 atom stereocenters. The molecular formula is C55H62N8O6. The number of carboxylic acid groups (broad SMARTS) is 1. The molecule has 4 aromatic carbocycles. The van der Waals surface area contributed by atoms with Gasteiger partial charge in [-0.15, -0.1) is 0 Å². The summed E-state index contributed by atoms with van der Waals surface area (Å²) in [6.07, 6.45) is 5.69. The van der Waals surface area contributed by atoms with Crippen molar-refractivity contribution in [1.82, 2.24) is 24.6 Å². The van der Waals surface area contributed by atoms with Gasteiger partial charge in [-0.05, 0) is 105 Å². The van der Waals surface area contributed by atoms with Crippen LogP contribution < -0.4 is 35.5 Å². The minimum absolute atomic E-state index is 0.0344. The molecule has 2 N–H and O–H groups in total. The number of unbranched alkanes of at least 4 members (excludes halogenated alkanes) is 1. The fourth-order valence-electron chi connectivity index (χ4n) is 10.1. The van der Waals surface area contributed by atoms with Crippen LogP contribution in [0, 0.1) is 5.92 Å². The maximum Gasteiger partial charge on any atom is 0.257 e. The number of nitrogens with one attached hydrogen (secondary N) is 2. The van der Waals surface area contributed by atoms with Crippen molar-refractivity contribution in [1.29, 1.82) is 0 Å². The van der Waals surface area contributed by atoms with E-state index >= 15 is 0 Å². The number of fused-ring (bicyclic) bond motifs is 4. The quantitative estimate of drug-likeness (QED) is 0.0778. The summed E-state index contributed by atoms with van der Waals surface area (Å²) in [5, 5.41) is 20.5. The van der Waals surface area contributed by atoms with Crippen molar-refractivity contribution >= 4 is 57.4 Å². The Hall–Kier alpha value is -6.87. The van der Waals surface area contributed by atoms with Gasteiger partial charge in [-0.3, -0.25) is 29.1 Å². The van der Waals surface area contributed by atoms with E-state index in [2.05, 4.69) is 25.3 Å². The van der Waals surface area contributed by atoms with Crippen molar-refractivity contribution in [2.24, 2.45) is 5.92 Å². The second-order valence-corrected chi connectivity index (χ2v) is 19.0. The highest BCUT2D eigenvalue weighted by Gasteiger charge is 2.31. The van der Waals surface area contributed by atoms with Gasteiger partial charge in [0.2, 0.25) is 11.3 Å². The standard InChI is InChI=1S/C55H62N8O6/c1-58(2)39-17-20-43-49(34-39)69-50-35-40(59(3)4)18-21-44(50)52(43)41-19-16-38(33-45(41)55(67)68)53(65)56-24-28-61-31-29-60(30-32-61)25-10-9-11-37-22-26-62(27-23-37)36-51(64)63-47-14-7-5-12-42(47)54(66)57-46-13-6-8-15-48(46)63/h5-8,12-21,33-35,37H,9-11,22-32,36H2,1-4H3,(H2-,56,57,65,66,67,68). The van der Waals surface area contributed by atoms with E-state index < -0.39 is 5.97 Å². The molecule has 0 radical (unpaired) electrons. The van der Waals surface area contributed by atoms with Crippen LogP contribution in [0.3, 0.4) is 0 Å². The predicted octanol–water partition coefficient (Wildman–Crippen LogP) is 5.83. The molecule has 4 aromatic rings. The Labute approximate surface area is 403 Å². The van der Waals surface area contributed by atoms with Crippen LogP contribution >= 0.6 is 0 Å². The third-order valence-electron chi connectivity index (χ3n) is 14.1. The Morgan fingerprint density at radius 2 is 1.48 bits per heavy atom. The summed E-state index contributed by atoms with van der Waals surface area (Å²) in [6, 6.07) is 31.4. The number of aromatic carboxylic acids is 1. The largest absolute Gasteiger partial charge is 0.545 e. The van der Waals surface area contributed by atoms with Crippen LogP contribution in [0.1, 0.15) is 63.2 Å². The first kappa shape index (κ1) is 47.2. The molecule has 9 rings (SSSR count). The van der Waals surface area contributed by atoms with Crippen LogP contribution in [0.25, 0.3) is 33.4 Å². The number of likely N-dealkylation sites (tertiary alicyclic amines) is 1. The van der Waals surface area contributed by atoms with Crippen molar-refractivity contribution in [3.05, 3.63) is 125 Å². The summed E-state index contributed by atoms with van der Waals surface area (Å²) in [6.45, 7) is 8.13. The van der Waals surface area contributed by atoms with Gasteiger partial charge in [0.05, 0.1) is 41.2 Å². The summed E-state index contributed by atoms with van der Waals surface area (Å²) in [5.74, 6) is -0.658. The van der Waals surface area contributed by atoms with Crippen molar-refractivity contribution in [2.75, 3.05) is 109 Å². The van der Waals surface area contributed by atoms with Crippen LogP contribution in [-0.4, -0.2) is 132 Å². The van der Waals surface area contributed by atoms with Crippen molar-refractivity contribution < 1.29 is 28.7 Å². The molecule has 0 bridgehead atoms. The summed E-state index contributed by atoms with van der Waals surface area (Å²) in [4.78, 5) is 64.0. The molecule has 0 aromatic heterocycles. The minimum Gasteiger partial charge on any atom is -0.545 e. The van der Waals surface area contributed by atoms with Gasteiger partial charge in [-0.25, -0.2) is 4.58 Å². The zero-order valence-corrected chi connectivity index (χ0v) is 40.1. The average molecular weight is 931 g/mol. The van der Waals surface area contributed by atoms with Crippen LogP contribution in [0.5, 0.6) is 0 Å². The number of rotatable bonds is 14. The molecule has 4 aliphatic heterocycles. The normalized spacial score (nSPS) is 15.9. The molecule has 2 fully saturated rings. The summed E-state index contributed by atoms with van der Waals surface area (Å²) in [5.41, 5.74) is 6.12. The number of amides is 3. The number of carbonyl (C=O) groups excluding carboxylic acids is 4. The maximum atomic E-state index is 13.9. The Morgan fingerprint density at radius 1 is 0.768 bits per heavy atom. The fourth-order valence-corrected chi connectivity index (χ4v) is 10.1. The molecule has 0 saturated carbocycles. The molecule has 2 saturated heterocycles. The molecule has 358 valence electrons. The number of nitrogens with zero attached hydrogens (tertiary/aromatic N) is 6. The van der Waals surface area contributed by atoms with Gasteiger partial charge in [0, 0.05) is 98.8 Å². The second-order valence-electron chi connectivity index (χ2n) is 19.0. The average Bonchev–Trinajstić information content (AvgIpc) is 3.48. The van der Waals surface area contributed by atoms with E-state index in [4.69, 9.17) is 4.42 Å². The molecule has 3 amide bonds. The third kappa shape index (κ3) is 10.4. The molecule has 4 heterocycles. The lowest BCUT2D eigenvalue weighted by molar-refractivity contribution is -0.254. The highest BCUT2D eigenvalue weighted by molar-refractivity contribution is 6.18. The van der Waals surface area contributed by atoms with Gasteiger partial charge < -0.3 is 34.8 Å². The number of hydrogen-bond acceptors (Lipinski definition) is 10. The summed E-state index contributed by atoms with van der Waals surface area (Å²) >= 11 is 0. The predicted molar refractivity (Wildman–Crippen MR) is 270 cm³/mol. The second kappa shape index (κ2) is 20.8. The van der Waals surface area contributed by atoms with E-state index in [9.17, 15) is 24.3 Å². The smallest absolute Gasteiger partial charge is 0.257 e. The zero-order valence-electron chi connectivity index (χ0n) is 40.1. The number of anilines is 4. The van der Waals surface area contributed by atoms with Crippen LogP contribution in [0.15, 0.2) is 108 Å². The van der Waals surface area contributed by atoms with Crippen molar-refractivity contribution in [2.45, 2.75) is 32.1 Å². The van der Waals surface area contributed by atoms with Crippen molar-refractivity contribution in [3.63, 3.8) is 0 Å². The van der Waals surface area contributed by atoms with Gasteiger partial charge in [0.15, 0.2) is 0 Å². The molecule has 14 heteroatoms. The van der Waals surface area contributed by atoms with Crippen LogP contribution in [-0.2, 0) is 4.79 Å². The van der Waals surface area contributed by atoms with E-state index in [1.807, 2.05) is 117 Å². The number of benzene rings is 5. The Bertz CT molecular complexity index is 2930. The van der Waals surface area contributed by atoms with Gasteiger partial charge >= 0.3 is 0 Å². The fraction of sp³-hybridized carbons (Fsp3) is 0.364. The maximum absolute atomic E-state index is 13.9. The minimum atomic E-state index is -1.36. The Kier molecular flexibility index (Phi) is 14.2. The number of carboxylic acids is 1. The van der Waals surface area contributed by atoms with Gasteiger partial charge in [-0.2, -0.15) is 0 Å². The van der Waals surface area contributed by atoms with Gasteiger partial charge in [0.1, 0.15) is 25.4 Å².